The molecule has 0 aliphatic rings. The molecule has 3 heteroatoms. The fourth-order valence-corrected chi connectivity index (χ4v) is 1.85. The maximum atomic E-state index is 5.81. The quantitative estimate of drug-likeness (QED) is 0.763. The lowest BCUT2D eigenvalue weighted by molar-refractivity contribution is 0.349. The molecule has 1 rings (SSSR count). The monoisotopic (exact) mass is 229 g/mol. The third-order valence-electron chi connectivity index (χ3n) is 2.04. The second kappa shape index (κ2) is 6.33. The lowest BCUT2D eigenvalue weighted by Gasteiger charge is -2.15. The van der Waals surface area contributed by atoms with Gasteiger partial charge >= 0.3 is 0 Å². The van der Waals surface area contributed by atoms with Crippen molar-refractivity contribution in [2.75, 3.05) is 25.6 Å². The van der Waals surface area contributed by atoms with Crippen LogP contribution in [0.15, 0.2) is 24.3 Å². The van der Waals surface area contributed by atoms with Gasteiger partial charge in [-0.25, -0.2) is 0 Å². The molecule has 0 saturated heterocycles. The largest absolute Gasteiger partial charge is 0.301 e. The first-order chi connectivity index (χ1) is 6.72. The van der Waals surface area contributed by atoms with Crippen LogP contribution in [0.4, 0.5) is 0 Å². The van der Waals surface area contributed by atoms with Crippen LogP contribution in [0.2, 0.25) is 5.02 Å². The Balaban J connectivity index is 2.39. The van der Waals surface area contributed by atoms with Gasteiger partial charge in [0.25, 0.3) is 0 Å². The van der Waals surface area contributed by atoms with E-state index in [1.807, 2.05) is 23.9 Å². The Morgan fingerprint density at radius 1 is 1.29 bits per heavy atom. The Kier molecular flexibility index (Phi) is 5.38. The summed E-state index contributed by atoms with van der Waals surface area (Å²) in [6.45, 7) is 2.13. The third-order valence-corrected chi connectivity index (χ3v) is 2.89. The molecule has 1 nitrogen and oxygen atoms in total. The van der Waals surface area contributed by atoms with Gasteiger partial charge in [0.1, 0.15) is 0 Å². The molecule has 0 atom stereocenters. The minimum atomic E-state index is 0.806. The Bertz CT molecular complexity index is 260. The van der Waals surface area contributed by atoms with E-state index in [2.05, 4.69) is 30.3 Å². The molecule has 0 radical (unpaired) electrons. The predicted molar refractivity (Wildman–Crippen MR) is 66.2 cm³/mol. The van der Waals surface area contributed by atoms with Gasteiger partial charge in [0.2, 0.25) is 0 Å². The Labute approximate surface area is 95.4 Å². The summed E-state index contributed by atoms with van der Waals surface area (Å²) in [6, 6.07) is 8.05. The molecule has 0 saturated carbocycles. The summed E-state index contributed by atoms with van der Waals surface area (Å²) in [5.41, 5.74) is 1.32. The number of thioether (sulfide) groups is 1. The molecular formula is C11H16ClNS. The lowest BCUT2D eigenvalue weighted by atomic mass is 10.2. The van der Waals surface area contributed by atoms with Crippen molar-refractivity contribution in [1.29, 1.82) is 0 Å². The van der Waals surface area contributed by atoms with Gasteiger partial charge in [0.15, 0.2) is 0 Å². The summed E-state index contributed by atoms with van der Waals surface area (Å²) in [5, 5.41) is 0.806. The van der Waals surface area contributed by atoms with Crippen molar-refractivity contribution < 1.29 is 0 Å². The third kappa shape index (κ3) is 4.36. The number of benzene rings is 1. The molecule has 0 unspecified atom stereocenters. The maximum absolute atomic E-state index is 5.81. The van der Waals surface area contributed by atoms with Gasteiger partial charge in [0, 0.05) is 23.9 Å². The fraction of sp³-hybridized carbons (Fsp3) is 0.455. The molecule has 1 aromatic rings. The molecule has 0 aromatic heterocycles. The van der Waals surface area contributed by atoms with Crippen molar-refractivity contribution in [3.05, 3.63) is 34.9 Å². The van der Waals surface area contributed by atoms with E-state index in [1.54, 1.807) is 0 Å². The van der Waals surface area contributed by atoms with Crippen molar-refractivity contribution >= 4 is 23.4 Å². The SMILES string of the molecule is CSCCN(C)Cc1ccc(Cl)cc1. The number of hydrogen-bond acceptors (Lipinski definition) is 2. The van der Waals surface area contributed by atoms with Crippen LogP contribution in [0.3, 0.4) is 0 Å². The smallest absolute Gasteiger partial charge is 0.0406 e. The summed E-state index contributed by atoms with van der Waals surface area (Å²) in [7, 11) is 2.14. The summed E-state index contributed by atoms with van der Waals surface area (Å²) >= 11 is 7.70. The minimum absolute atomic E-state index is 0.806. The van der Waals surface area contributed by atoms with E-state index in [-0.39, 0.29) is 0 Å². The predicted octanol–water partition coefficient (Wildman–Crippen LogP) is 3.13. The average Bonchev–Trinajstić information content (AvgIpc) is 2.18. The highest BCUT2D eigenvalue weighted by atomic mass is 35.5. The van der Waals surface area contributed by atoms with Gasteiger partial charge in [-0.3, -0.25) is 0 Å². The van der Waals surface area contributed by atoms with Crippen LogP contribution in [-0.2, 0) is 6.54 Å². The van der Waals surface area contributed by atoms with Gasteiger partial charge in [-0.05, 0) is 31.0 Å². The molecule has 0 aliphatic carbocycles. The zero-order valence-corrected chi connectivity index (χ0v) is 10.2. The molecular weight excluding hydrogens is 214 g/mol. The second-order valence-corrected chi connectivity index (χ2v) is 4.78. The van der Waals surface area contributed by atoms with E-state index in [0.717, 1.165) is 18.1 Å². The molecule has 14 heavy (non-hydrogen) atoms. The van der Waals surface area contributed by atoms with Crippen LogP contribution in [0.5, 0.6) is 0 Å². The first kappa shape index (κ1) is 11.9. The normalized spacial score (nSPS) is 10.9. The fourth-order valence-electron chi connectivity index (χ4n) is 1.23. The van der Waals surface area contributed by atoms with Crippen LogP contribution in [0, 0.1) is 0 Å². The van der Waals surface area contributed by atoms with Gasteiger partial charge < -0.3 is 4.90 Å². The molecule has 0 amide bonds. The number of rotatable bonds is 5. The van der Waals surface area contributed by atoms with Crippen molar-refractivity contribution in [2.24, 2.45) is 0 Å². The second-order valence-electron chi connectivity index (χ2n) is 3.36. The Morgan fingerprint density at radius 2 is 1.93 bits per heavy atom. The van der Waals surface area contributed by atoms with Crippen molar-refractivity contribution in [3.63, 3.8) is 0 Å². The first-order valence-corrected chi connectivity index (χ1v) is 6.41. The van der Waals surface area contributed by atoms with Gasteiger partial charge in [-0.15, -0.1) is 0 Å². The van der Waals surface area contributed by atoms with Crippen LogP contribution >= 0.6 is 23.4 Å². The molecule has 0 bridgehead atoms. The van der Waals surface area contributed by atoms with Gasteiger partial charge in [-0.1, -0.05) is 23.7 Å². The lowest BCUT2D eigenvalue weighted by Crippen LogP contribution is -2.20. The van der Waals surface area contributed by atoms with Crippen molar-refractivity contribution in [3.8, 4) is 0 Å². The van der Waals surface area contributed by atoms with Crippen LogP contribution in [0.1, 0.15) is 5.56 Å². The van der Waals surface area contributed by atoms with E-state index >= 15 is 0 Å². The highest BCUT2D eigenvalue weighted by Crippen LogP contribution is 2.10. The molecule has 0 spiro atoms. The zero-order valence-electron chi connectivity index (χ0n) is 8.66. The first-order valence-electron chi connectivity index (χ1n) is 4.64. The van der Waals surface area contributed by atoms with E-state index in [1.165, 1.54) is 11.3 Å². The molecule has 0 fully saturated rings. The molecule has 0 N–H and O–H groups in total. The van der Waals surface area contributed by atoms with Crippen LogP contribution in [0.25, 0.3) is 0 Å². The molecule has 1 aromatic carbocycles. The zero-order chi connectivity index (χ0) is 10.4. The minimum Gasteiger partial charge on any atom is -0.301 e. The van der Waals surface area contributed by atoms with E-state index in [4.69, 9.17) is 11.6 Å². The Hall–Kier alpha value is -0.180. The van der Waals surface area contributed by atoms with E-state index < -0.39 is 0 Å². The highest BCUT2D eigenvalue weighted by Gasteiger charge is 1.99. The van der Waals surface area contributed by atoms with Crippen molar-refractivity contribution in [2.45, 2.75) is 6.54 Å². The summed E-state index contributed by atoms with van der Waals surface area (Å²) in [5.74, 6) is 1.18. The molecule has 0 aliphatic heterocycles. The average molecular weight is 230 g/mol. The van der Waals surface area contributed by atoms with Gasteiger partial charge in [0.05, 0.1) is 0 Å². The number of nitrogens with zero attached hydrogens (tertiary/aromatic N) is 1. The van der Waals surface area contributed by atoms with E-state index in [0.29, 0.717) is 0 Å². The molecule has 0 heterocycles. The molecule has 78 valence electrons. The van der Waals surface area contributed by atoms with Crippen LogP contribution < -0.4 is 0 Å². The van der Waals surface area contributed by atoms with Gasteiger partial charge in [-0.2, -0.15) is 11.8 Å². The summed E-state index contributed by atoms with van der Waals surface area (Å²) in [4.78, 5) is 2.32. The Morgan fingerprint density at radius 3 is 2.50 bits per heavy atom. The maximum Gasteiger partial charge on any atom is 0.0406 e. The highest BCUT2D eigenvalue weighted by molar-refractivity contribution is 7.98. The summed E-state index contributed by atoms with van der Waals surface area (Å²) < 4.78 is 0. The van der Waals surface area contributed by atoms with Crippen molar-refractivity contribution in [1.82, 2.24) is 4.90 Å². The summed E-state index contributed by atoms with van der Waals surface area (Å²) in [6.07, 6.45) is 2.14. The number of hydrogen-bond donors (Lipinski definition) is 0. The number of halogens is 1. The standard InChI is InChI=1S/C11H16ClNS/c1-13(7-8-14-2)9-10-3-5-11(12)6-4-10/h3-6H,7-9H2,1-2H3. The van der Waals surface area contributed by atoms with Crippen LogP contribution in [-0.4, -0.2) is 30.5 Å². The topological polar surface area (TPSA) is 3.24 Å². The van der Waals surface area contributed by atoms with E-state index in [9.17, 15) is 0 Å².